The highest BCUT2D eigenvalue weighted by molar-refractivity contribution is 7.09. The zero-order valence-corrected chi connectivity index (χ0v) is 11.8. The third-order valence-corrected chi connectivity index (χ3v) is 4.58. The van der Waals surface area contributed by atoms with Crippen LogP contribution in [0, 0.1) is 5.92 Å². The van der Waals surface area contributed by atoms with Gasteiger partial charge in [0.1, 0.15) is 0 Å². The lowest BCUT2D eigenvalue weighted by Crippen LogP contribution is -2.44. The minimum Gasteiger partial charge on any atom is -0.313 e. The maximum atomic E-state index is 3.66. The van der Waals surface area contributed by atoms with Gasteiger partial charge in [0, 0.05) is 24.0 Å². The van der Waals surface area contributed by atoms with E-state index >= 15 is 0 Å². The summed E-state index contributed by atoms with van der Waals surface area (Å²) in [6.07, 6.45) is 4.06. The molecule has 1 aromatic rings. The van der Waals surface area contributed by atoms with Gasteiger partial charge >= 0.3 is 0 Å². The number of rotatable bonds is 5. The van der Waals surface area contributed by atoms with Gasteiger partial charge in [-0.1, -0.05) is 19.4 Å². The van der Waals surface area contributed by atoms with Crippen molar-refractivity contribution in [1.29, 1.82) is 0 Å². The van der Waals surface area contributed by atoms with E-state index in [-0.39, 0.29) is 0 Å². The first-order valence-electron chi connectivity index (χ1n) is 6.72. The van der Waals surface area contributed by atoms with E-state index in [4.69, 9.17) is 0 Å². The van der Waals surface area contributed by atoms with Crippen LogP contribution in [0.1, 0.15) is 31.1 Å². The van der Waals surface area contributed by atoms with Crippen molar-refractivity contribution in [3.05, 3.63) is 22.4 Å². The summed E-state index contributed by atoms with van der Waals surface area (Å²) < 4.78 is 0. The summed E-state index contributed by atoms with van der Waals surface area (Å²) >= 11 is 1.86. The second kappa shape index (κ2) is 6.53. The lowest BCUT2D eigenvalue weighted by atomic mass is 9.90. The van der Waals surface area contributed by atoms with E-state index in [0.717, 1.165) is 12.5 Å². The fraction of sp³-hybridized carbons (Fsp3) is 0.714. The van der Waals surface area contributed by atoms with Gasteiger partial charge in [-0.15, -0.1) is 11.3 Å². The predicted octanol–water partition coefficient (Wildman–Crippen LogP) is 2.96. The van der Waals surface area contributed by atoms with Crippen LogP contribution >= 0.6 is 11.3 Å². The molecule has 3 heteroatoms. The molecule has 0 spiro atoms. The van der Waals surface area contributed by atoms with Crippen LogP contribution in [0.4, 0.5) is 0 Å². The molecule has 0 aliphatic carbocycles. The van der Waals surface area contributed by atoms with Gasteiger partial charge in [0.25, 0.3) is 0 Å². The zero-order chi connectivity index (χ0) is 12.1. The van der Waals surface area contributed by atoms with Gasteiger partial charge in [-0.3, -0.25) is 4.90 Å². The van der Waals surface area contributed by atoms with Crippen molar-refractivity contribution in [2.75, 3.05) is 20.1 Å². The van der Waals surface area contributed by atoms with Crippen molar-refractivity contribution in [2.45, 2.75) is 38.8 Å². The van der Waals surface area contributed by atoms with E-state index in [9.17, 15) is 0 Å². The maximum Gasteiger partial charge on any atom is 0.0325 e. The molecule has 1 aliphatic heterocycles. The molecule has 1 fully saturated rings. The molecule has 0 amide bonds. The van der Waals surface area contributed by atoms with Gasteiger partial charge in [-0.2, -0.15) is 0 Å². The van der Waals surface area contributed by atoms with Crippen molar-refractivity contribution < 1.29 is 0 Å². The Morgan fingerprint density at radius 3 is 3.12 bits per heavy atom. The summed E-state index contributed by atoms with van der Waals surface area (Å²) in [6.45, 7) is 5.79. The van der Waals surface area contributed by atoms with E-state index < -0.39 is 0 Å². The second-order valence-electron chi connectivity index (χ2n) is 5.23. The summed E-state index contributed by atoms with van der Waals surface area (Å²) in [5.74, 6) is 0.941. The maximum absolute atomic E-state index is 3.66. The number of nitrogens with one attached hydrogen (secondary N) is 1. The second-order valence-corrected chi connectivity index (χ2v) is 6.26. The molecular weight excluding hydrogens is 228 g/mol. The SMILES string of the molecule is CCC1CCNC(CN(C)Cc2cccs2)C1. The average molecular weight is 252 g/mol. The molecule has 2 rings (SSSR count). The molecule has 1 N–H and O–H groups in total. The third kappa shape index (κ3) is 4.09. The van der Waals surface area contributed by atoms with Crippen LogP contribution in [0.5, 0.6) is 0 Å². The average Bonchev–Trinajstić information content (AvgIpc) is 2.82. The highest BCUT2D eigenvalue weighted by Crippen LogP contribution is 2.20. The number of hydrogen-bond acceptors (Lipinski definition) is 3. The summed E-state index contributed by atoms with van der Waals surface area (Å²) in [5.41, 5.74) is 0. The highest BCUT2D eigenvalue weighted by Gasteiger charge is 2.21. The van der Waals surface area contributed by atoms with Gasteiger partial charge < -0.3 is 5.32 Å². The van der Waals surface area contributed by atoms with Crippen LogP contribution in [0.15, 0.2) is 17.5 Å². The highest BCUT2D eigenvalue weighted by atomic mass is 32.1. The van der Waals surface area contributed by atoms with Crippen LogP contribution < -0.4 is 5.32 Å². The summed E-state index contributed by atoms with van der Waals surface area (Å²) in [5, 5.41) is 5.82. The first-order chi connectivity index (χ1) is 8.28. The number of hydrogen-bond donors (Lipinski definition) is 1. The zero-order valence-electron chi connectivity index (χ0n) is 11.0. The monoisotopic (exact) mass is 252 g/mol. The van der Waals surface area contributed by atoms with Crippen LogP contribution in [-0.2, 0) is 6.54 Å². The van der Waals surface area contributed by atoms with Crippen LogP contribution in [0.2, 0.25) is 0 Å². The smallest absolute Gasteiger partial charge is 0.0325 e. The molecule has 2 nitrogen and oxygen atoms in total. The van der Waals surface area contributed by atoms with Crippen molar-refractivity contribution >= 4 is 11.3 Å². The van der Waals surface area contributed by atoms with Gasteiger partial charge in [0.2, 0.25) is 0 Å². The Morgan fingerprint density at radius 1 is 1.53 bits per heavy atom. The fourth-order valence-electron chi connectivity index (χ4n) is 2.71. The van der Waals surface area contributed by atoms with Crippen molar-refractivity contribution in [3.8, 4) is 0 Å². The Kier molecular flexibility index (Phi) is 5.01. The van der Waals surface area contributed by atoms with E-state index in [1.54, 1.807) is 0 Å². The Bertz CT molecular complexity index is 310. The lowest BCUT2D eigenvalue weighted by Gasteiger charge is -2.32. The lowest BCUT2D eigenvalue weighted by molar-refractivity contribution is 0.221. The first-order valence-corrected chi connectivity index (χ1v) is 7.60. The standard InChI is InChI=1S/C14H24N2S/c1-3-12-6-7-15-13(9-12)10-16(2)11-14-5-4-8-17-14/h4-5,8,12-13,15H,3,6-7,9-11H2,1-2H3. The van der Waals surface area contributed by atoms with E-state index in [0.29, 0.717) is 6.04 Å². The molecule has 1 aromatic heterocycles. The molecule has 0 aromatic carbocycles. The number of likely N-dealkylation sites (N-methyl/N-ethyl adjacent to an activating group) is 1. The third-order valence-electron chi connectivity index (χ3n) is 3.72. The van der Waals surface area contributed by atoms with Crippen molar-refractivity contribution in [3.63, 3.8) is 0 Å². The van der Waals surface area contributed by atoms with Gasteiger partial charge in [-0.05, 0) is 43.8 Å². The van der Waals surface area contributed by atoms with Gasteiger partial charge in [0.05, 0.1) is 0 Å². The molecule has 17 heavy (non-hydrogen) atoms. The van der Waals surface area contributed by atoms with Crippen LogP contribution in [0.3, 0.4) is 0 Å². The van der Waals surface area contributed by atoms with Crippen molar-refractivity contribution in [1.82, 2.24) is 10.2 Å². The summed E-state index contributed by atoms with van der Waals surface area (Å²) in [7, 11) is 2.23. The molecule has 96 valence electrons. The number of piperidine rings is 1. The normalized spacial score (nSPS) is 25.4. The Balaban J connectivity index is 1.76. The van der Waals surface area contributed by atoms with Gasteiger partial charge in [0.15, 0.2) is 0 Å². The Hall–Kier alpha value is -0.380. The quantitative estimate of drug-likeness (QED) is 0.867. The minimum atomic E-state index is 0.693. The molecule has 0 radical (unpaired) electrons. The summed E-state index contributed by atoms with van der Waals surface area (Å²) in [6, 6.07) is 5.06. The minimum absolute atomic E-state index is 0.693. The van der Waals surface area contributed by atoms with Crippen LogP contribution in [-0.4, -0.2) is 31.1 Å². The number of nitrogens with zero attached hydrogens (tertiary/aromatic N) is 1. The summed E-state index contributed by atoms with van der Waals surface area (Å²) in [4.78, 5) is 3.91. The van der Waals surface area contributed by atoms with E-state index in [1.165, 1.54) is 37.2 Å². The molecule has 0 bridgehead atoms. The molecule has 2 heterocycles. The van der Waals surface area contributed by atoms with Gasteiger partial charge in [-0.25, -0.2) is 0 Å². The van der Waals surface area contributed by atoms with Crippen LogP contribution in [0.25, 0.3) is 0 Å². The molecule has 2 atom stereocenters. The Morgan fingerprint density at radius 2 is 2.41 bits per heavy atom. The molecule has 1 saturated heterocycles. The topological polar surface area (TPSA) is 15.3 Å². The molecule has 0 saturated carbocycles. The predicted molar refractivity (Wildman–Crippen MR) is 75.5 cm³/mol. The largest absolute Gasteiger partial charge is 0.313 e. The van der Waals surface area contributed by atoms with Crippen molar-refractivity contribution in [2.24, 2.45) is 5.92 Å². The van der Waals surface area contributed by atoms with E-state index in [2.05, 4.69) is 41.7 Å². The first kappa shape index (κ1) is 13.1. The number of thiophene rings is 1. The van der Waals surface area contributed by atoms with E-state index in [1.807, 2.05) is 11.3 Å². The molecular formula is C14H24N2S. The Labute approximate surface area is 109 Å². The molecule has 2 unspecified atom stereocenters. The fourth-order valence-corrected chi connectivity index (χ4v) is 3.50. The molecule has 1 aliphatic rings.